The summed E-state index contributed by atoms with van der Waals surface area (Å²) < 4.78 is 5.97. The molecular weight excluding hydrogens is 426 g/mol. The van der Waals surface area contributed by atoms with Crippen molar-refractivity contribution in [3.05, 3.63) is 82.9 Å². The van der Waals surface area contributed by atoms with E-state index in [0.717, 1.165) is 5.57 Å². The zero-order chi connectivity index (χ0) is 23.2. The summed E-state index contributed by atoms with van der Waals surface area (Å²) in [6, 6.07) is 5.10. The predicted molar refractivity (Wildman–Crippen MR) is 126 cm³/mol. The Balaban J connectivity index is 1.86. The molecule has 4 rings (SSSR count). The minimum absolute atomic E-state index is 0.0565. The van der Waals surface area contributed by atoms with Gasteiger partial charge in [0, 0.05) is 28.7 Å². The number of ketones is 1. The summed E-state index contributed by atoms with van der Waals surface area (Å²) in [5.74, 6) is -1.21. The van der Waals surface area contributed by atoms with Crippen LogP contribution in [0, 0.1) is 11.3 Å². The van der Waals surface area contributed by atoms with E-state index in [1.165, 1.54) is 12.2 Å². The van der Waals surface area contributed by atoms with Crippen LogP contribution in [0.1, 0.15) is 36.7 Å². The van der Waals surface area contributed by atoms with Gasteiger partial charge in [0.1, 0.15) is 17.6 Å². The maximum atomic E-state index is 12.3. The number of fused-ring (bicyclic) bond motifs is 2. The molecule has 1 aromatic rings. The van der Waals surface area contributed by atoms with Gasteiger partial charge in [0.15, 0.2) is 5.78 Å². The smallest absolute Gasteiger partial charge is 0.336 e. The Bertz CT molecular complexity index is 1190. The minimum Gasteiger partial charge on any atom is -0.508 e. The highest BCUT2D eigenvalue weighted by atomic mass is 32.1. The monoisotopic (exact) mass is 449 g/mol. The molecule has 164 valence electrons. The molecule has 2 aliphatic carbocycles. The standard InChI is InChI=1S/C25H23NO5S/c1-25(2,3)24(32)26-13-4-7-16(19(10-13)23(29)30)22-17-8-5-14(27)11-20(17)31-21-12-15(28)6-9-18(21)22/h4-12,17,20,27H,1-3H3,(H,26,32)(H,29,30). The van der Waals surface area contributed by atoms with Crippen molar-refractivity contribution in [2.24, 2.45) is 11.3 Å². The number of thiocarbonyl (C=S) groups is 1. The highest BCUT2D eigenvalue weighted by molar-refractivity contribution is 7.80. The highest BCUT2D eigenvalue weighted by Gasteiger charge is 2.37. The lowest BCUT2D eigenvalue weighted by molar-refractivity contribution is -0.110. The number of aliphatic hydroxyl groups is 1. The molecule has 7 heteroatoms. The fourth-order valence-corrected chi connectivity index (χ4v) is 3.95. The number of nitrogens with one attached hydrogen (secondary N) is 1. The molecule has 0 spiro atoms. The second kappa shape index (κ2) is 7.91. The van der Waals surface area contributed by atoms with Gasteiger partial charge >= 0.3 is 5.97 Å². The molecule has 0 saturated heterocycles. The van der Waals surface area contributed by atoms with Crippen molar-refractivity contribution in [3.63, 3.8) is 0 Å². The molecule has 0 radical (unpaired) electrons. The van der Waals surface area contributed by atoms with Crippen molar-refractivity contribution in [1.82, 2.24) is 0 Å². The van der Waals surface area contributed by atoms with Crippen LogP contribution in [0.15, 0.2) is 71.7 Å². The van der Waals surface area contributed by atoms with Gasteiger partial charge in [0.2, 0.25) is 0 Å². The van der Waals surface area contributed by atoms with Crippen LogP contribution in [-0.2, 0) is 9.53 Å². The highest BCUT2D eigenvalue weighted by Crippen LogP contribution is 2.45. The van der Waals surface area contributed by atoms with Gasteiger partial charge in [-0.2, -0.15) is 0 Å². The molecule has 0 fully saturated rings. The molecule has 3 aliphatic rings. The fourth-order valence-electron chi connectivity index (χ4n) is 3.83. The summed E-state index contributed by atoms with van der Waals surface area (Å²) >= 11 is 5.44. The SMILES string of the molecule is CC(C)(C)C(=S)Nc1ccc(C2=C3C=CC(=O)C=C3OC3C=C(O)C=CC23)c(C(=O)O)c1. The maximum Gasteiger partial charge on any atom is 0.336 e. The van der Waals surface area contributed by atoms with Gasteiger partial charge in [-0.3, -0.25) is 4.79 Å². The van der Waals surface area contributed by atoms with Crippen molar-refractivity contribution >= 4 is 40.2 Å². The van der Waals surface area contributed by atoms with Crippen LogP contribution in [0.25, 0.3) is 5.57 Å². The third-order valence-electron chi connectivity index (χ3n) is 5.48. The van der Waals surface area contributed by atoms with E-state index in [4.69, 9.17) is 17.0 Å². The summed E-state index contributed by atoms with van der Waals surface area (Å²) in [5.41, 5.74) is 2.31. The summed E-state index contributed by atoms with van der Waals surface area (Å²) in [6.45, 7) is 5.94. The lowest BCUT2D eigenvalue weighted by Gasteiger charge is -2.36. The second-order valence-electron chi connectivity index (χ2n) is 8.90. The van der Waals surface area contributed by atoms with Crippen LogP contribution in [-0.4, -0.2) is 33.1 Å². The molecule has 1 heterocycles. The largest absolute Gasteiger partial charge is 0.508 e. The van der Waals surface area contributed by atoms with E-state index in [1.807, 2.05) is 20.8 Å². The molecule has 2 unspecified atom stereocenters. The first-order chi connectivity index (χ1) is 15.0. The van der Waals surface area contributed by atoms with E-state index >= 15 is 0 Å². The molecule has 2 atom stereocenters. The van der Waals surface area contributed by atoms with E-state index < -0.39 is 12.1 Å². The summed E-state index contributed by atoms with van der Waals surface area (Å²) in [7, 11) is 0. The first-order valence-electron chi connectivity index (χ1n) is 10.2. The van der Waals surface area contributed by atoms with Crippen LogP contribution in [0.4, 0.5) is 5.69 Å². The molecule has 0 amide bonds. The zero-order valence-corrected chi connectivity index (χ0v) is 18.7. The third-order valence-corrected chi connectivity index (χ3v) is 6.20. The fraction of sp³-hybridized carbons (Fsp3) is 0.240. The van der Waals surface area contributed by atoms with E-state index in [-0.39, 0.29) is 28.4 Å². The number of hydrogen-bond acceptors (Lipinski definition) is 5. The molecule has 0 bridgehead atoms. The topological polar surface area (TPSA) is 95.9 Å². The number of carbonyl (C=O) groups is 2. The summed E-state index contributed by atoms with van der Waals surface area (Å²) in [5, 5.41) is 23.1. The number of aliphatic hydroxyl groups excluding tert-OH is 1. The van der Waals surface area contributed by atoms with E-state index in [0.29, 0.717) is 27.6 Å². The molecule has 3 N–H and O–H groups in total. The normalized spacial score (nSPS) is 21.8. The Kier molecular flexibility index (Phi) is 5.38. The number of anilines is 1. The van der Waals surface area contributed by atoms with Gasteiger partial charge in [-0.25, -0.2) is 4.79 Å². The average Bonchev–Trinajstić information content (AvgIpc) is 2.71. The molecular formula is C25H23NO5S. The van der Waals surface area contributed by atoms with Crippen LogP contribution >= 0.6 is 12.2 Å². The number of carbonyl (C=O) groups excluding carboxylic acids is 1. The van der Waals surface area contributed by atoms with Gasteiger partial charge in [-0.05, 0) is 47.6 Å². The lowest BCUT2D eigenvalue weighted by Crippen LogP contribution is -2.31. The molecule has 1 aliphatic heterocycles. The summed E-state index contributed by atoms with van der Waals surface area (Å²) in [6.07, 6.45) is 8.82. The molecule has 1 aromatic carbocycles. The van der Waals surface area contributed by atoms with Gasteiger partial charge in [-0.15, -0.1) is 0 Å². The van der Waals surface area contributed by atoms with Crippen molar-refractivity contribution in [2.45, 2.75) is 26.9 Å². The van der Waals surface area contributed by atoms with Crippen molar-refractivity contribution in [2.75, 3.05) is 5.32 Å². The molecule has 0 aromatic heterocycles. The number of ether oxygens (including phenoxy) is 1. The van der Waals surface area contributed by atoms with Crippen LogP contribution in [0.3, 0.4) is 0 Å². The average molecular weight is 450 g/mol. The Hall–Kier alpha value is -3.45. The Morgan fingerprint density at radius 1 is 1.19 bits per heavy atom. The van der Waals surface area contributed by atoms with E-state index in [1.54, 1.807) is 42.5 Å². The maximum absolute atomic E-state index is 12.3. The molecule has 6 nitrogen and oxygen atoms in total. The van der Waals surface area contributed by atoms with Gasteiger partial charge in [0.05, 0.1) is 10.6 Å². The van der Waals surface area contributed by atoms with Crippen molar-refractivity contribution in [3.8, 4) is 0 Å². The lowest BCUT2D eigenvalue weighted by atomic mass is 9.77. The molecule has 32 heavy (non-hydrogen) atoms. The quantitative estimate of drug-likeness (QED) is 0.561. The van der Waals surface area contributed by atoms with Crippen molar-refractivity contribution < 1.29 is 24.5 Å². The number of rotatable bonds is 3. The minimum atomic E-state index is -1.08. The van der Waals surface area contributed by atoms with Crippen molar-refractivity contribution in [1.29, 1.82) is 0 Å². The zero-order valence-electron chi connectivity index (χ0n) is 17.9. The number of hydrogen-bond donors (Lipinski definition) is 3. The molecule has 0 saturated carbocycles. The first-order valence-corrected chi connectivity index (χ1v) is 10.6. The number of benzene rings is 1. The Morgan fingerprint density at radius 3 is 2.62 bits per heavy atom. The summed E-state index contributed by atoms with van der Waals surface area (Å²) in [4.78, 5) is 24.8. The van der Waals surface area contributed by atoms with Gasteiger partial charge in [0.25, 0.3) is 0 Å². The number of carboxylic acids is 1. The van der Waals surface area contributed by atoms with E-state index in [2.05, 4.69) is 5.32 Å². The van der Waals surface area contributed by atoms with Crippen LogP contribution in [0.2, 0.25) is 0 Å². The van der Waals surface area contributed by atoms with Crippen LogP contribution < -0.4 is 5.32 Å². The number of aromatic carboxylic acids is 1. The number of allylic oxidation sites excluding steroid dienone is 4. The first kappa shape index (κ1) is 21.8. The van der Waals surface area contributed by atoms with Gasteiger partial charge < -0.3 is 20.3 Å². The Labute approximate surface area is 191 Å². The number of carboxylic acid groups (broad SMARTS) is 1. The third kappa shape index (κ3) is 4.03. The second-order valence-corrected chi connectivity index (χ2v) is 9.31. The van der Waals surface area contributed by atoms with E-state index in [9.17, 15) is 19.8 Å². The van der Waals surface area contributed by atoms with Gasteiger partial charge in [-0.1, -0.05) is 45.1 Å². The predicted octanol–water partition coefficient (Wildman–Crippen LogP) is 4.97. The Morgan fingerprint density at radius 2 is 1.94 bits per heavy atom. The van der Waals surface area contributed by atoms with Crippen LogP contribution in [0.5, 0.6) is 0 Å².